The Morgan fingerprint density at radius 1 is 1.41 bits per heavy atom. The zero-order chi connectivity index (χ0) is 12.5. The van der Waals surface area contributed by atoms with Crippen LogP contribution < -0.4 is 4.74 Å². The molecule has 0 saturated heterocycles. The van der Waals surface area contributed by atoms with E-state index in [-0.39, 0.29) is 4.90 Å². The highest BCUT2D eigenvalue weighted by Crippen LogP contribution is 2.32. The minimum atomic E-state index is -3.78. The Bertz CT molecular complexity index is 511. The molecule has 0 N–H and O–H groups in total. The SMILES string of the molecule is O=S(=O)(Cl)c1cc(Br)ccc1OCC1CCC1. The Labute approximate surface area is 114 Å². The lowest BCUT2D eigenvalue weighted by Gasteiger charge is -2.25. The van der Waals surface area contributed by atoms with Gasteiger partial charge in [0.25, 0.3) is 9.05 Å². The summed E-state index contributed by atoms with van der Waals surface area (Å²) in [4.78, 5) is 0.0212. The Hall–Kier alpha value is -0.260. The lowest BCUT2D eigenvalue weighted by atomic mass is 9.86. The van der Waals surface area contributed by atoms with Crippen molar-refractivity contribution < 1.29 is 13.2 Å². The van der Waals surface area contributed by atoms with Gasteiger partial charge in [-0.15, -0.1) is 0 Å². The molecule has 0 radical (unpaired) electrons. The average molecular weight is 340 g/mol. The Morgan fingerprint density at radius 3 is 2.65 bits per heavy atom. The first kappa shape index (κ1) is 13.2. The van der Waals surface area contributed by atoms with Crippen molar-refractivity contribution in [2.75, 3.05) is 6.61 Å². The molecule has 1 aliphatic carbocycles. The van der Waals surface area contributed by atoms with E-state index in [1.807, 2.05) is 0 Å². The highest BCUT2D eigenvalue weighted by atomic mass is 79.9. The predicted octanol–water partition coefficient (Wildman–Crippen LogP) is 3.56. The van der Waals surface area contributed by atoms with Crippen LogP contribution in [0.4, 0.5) is 0 Å². The maximum atomic E-state index is 11.4. The van der Waals surface area contributed by atoms with Crippen molar-refractivity contribution in [2.45, 2.75) is 24.2 Å². The van der Waals surface area contributed by atoms with E-state index in [4.69, 9.17) is 15.4 Å². The molecule has 6 heteroatoms. The number of ether oxygens (including phenoxy) is 1. The van der Waals surface area contributed by atoms with Gasteiger partial charge in [-0.2, -0.15) is 0 Å². The third-order valence-electron chi connectivity index (χ3n) is 2.87. The van der Waals surface area contributed by atoms with Crippen LogP contribution in [0.3, 0.4) is 0 Å². The van der Waals surface area contributed by atoms with Gasteiger partial charge in [-0.05, 0) is 37.0 Å². The van der Waals surface area contributed by atoms with Crippen LogP contribution in [0.2, 0.25) is 0 Å². The molecular formula is C11H12BrClO3S. The molecular weight excluding hydrogens is 328 g/mol. The molecule has 3 nitrogen and oxygen atoms in total. The topological polar surface area (TPSA) is 43.4 Å². The molecule has 0 heterocycles. The normalized spacial score (nSPS) is 16.6. The van der Waals surface area contributed by atoms with E-state index in [0.29, 0.717) is 22.7 Å². The Balaban J connectivity index is 2.19. The number of hydrogen-bond acceptors (Lipinski definition) is 3. The second-order valence-corrected chi connectivity index (χ2v) is 7.59. The summed E-state index contributed by atoms with van der Waals surface area (Å²) in [5.74, 6) is 0.875. The van der Waals surface area contributed by atoms with Crippen LogP contribution in [0.25, 0.3) is 0 Å². The summed E-state index contributed by atoms with van der Waals surface area (Å²) in [6.07, 6.45) is 3.54. The van der Waals surface area contributed by atoms with Gasteiger partial charge in [0, 0.05) is 15.2 Å². The van der Waals surface area contributed by atoms with E-state index in [1.165, 1.54) is 12.5 Å². The fraction of sp³-hybridized carbons (Fsp3) is 0.455. The lowest BCUT2D eigenvalue weighted by Crippen LogP contribution is -2.19. The second-order valence-electron chi connectivity index (χ2n) is 4.14. The first-order chi connectivity index (χ1) is 7.97. The van der Waals surface area contributed by atoms with Crippen molar-refractivity contribution in [3.05, 3.63) is 22.7 Å². The van der Waals surface area contributed by atoms with E-state index in [9.17, 15) is 8.42 Å². The van der Waals surface area contributed by atoms with Crippen LogP contribution in [-0.2, 0) is 9.05 Å². The summed E-state index contributed by atoms with van der Waals surface area (Å²) in [5.41, 5.74) is 0. The van der Waals surface area contributed by atoms with Gasteiger partial charge in [0.15, 0.2) is 0 Å². The minimum Gasteiger partial charge on any atom is -0.492 e. The highest BCUT2D eigenvalue weighted by molar-refractivity contribution is 9.10. The lowest BCUT2D eigenvalue weighted by molar-refractivity contribution is 0.177. The molecule has 1 aromatic rings. The van der Waals surface area contributed by atoms with Crippen LogP contribution >= 0.6 is 26.6 Å². The van der Waals surface area contributed by atoms with Crippen LogP contribution in [0.5, 0.6) is 5.75 Å². The predicted molar refractivity (Wildman–Crippen MR) is 70.0 cm³/mol. The van der Waals surface area contributed by atoms with Crippen LogP contribution in [-0.4, -0.2) is 15.0 Å². The van der Waals surface area contributed by atoms with Gasteiger partial charge in [-0.1, -0.05) is 22.4 Å². The maximum Gasteiger partial charge on any atom is 0.265 e. The van der Waals surface area contributed by atoms with Crippen molar-refractivity contribution in [3.63, 3.8) is 0 Å². The van der Waals surface area contributed by atoms with Crippen molar-refractivity contribution in [2.24, 2.45) is 5.92 Å². The van der Waals surface area contributed by atoms with E-state index in [0.717, 1.165) is 12.8 Å². The third kappa shape index (κ3) is 3.36. The Morgan fingerprint density at radius 2 is 2.12 bits per heavy atom. The summed E-state index contributed by atoms with van der Waals surface area (Å²) in [7, 11) is 1.59. The molecule has 0 bridgehead atoms. The van der Waals surface area contributed by atoms with Crippen LogP contribution in [0.1, 0.15) is 19.3 Å². The molecule has 2 rings (SSSR count). The van der Waals surface area contributed by atoms with Crippen LogP contribution in [0.15, 0.2) is 27.6 Å². The van der Waals surface area contributed by atoms with E-state index in [2.05, 4.69) is 15.9 Å². The molecule has 0 spiro atoms. The molecule has 0 amide bonds. The largest absolute Gasteiger partial charge is 0.492 e. The molecule has 1 saturated carbocycles. The quantitative estimate of drug-likeness (QED) is 0.788. The van der Waals surface area contributed by atoms with E-state index in [1.54, 1.807) is 12.1 Å². The van der Waals surface area contributed by atoms with Gasteiger partial charge in [-0.3, -0.25) is 0 Å². The van der Waals surface area contributed by atoms with Crippen molar-refractivity contribution in [1.82, 2.24) is 0 Å². The van der Waals surface area contributed by atoms with Gasteiger partial charge < -0.3 is 4.74 Å². The molecule has 1 aromatic carbocycles. The van der Waals surface area contributed by atoms with Crippen molar-refractivity contribution in [3.8, 4) is 5.75 Å². The number of rotatable bonds is 4. The fourth-order valence-corrected chi connectivity index (χ4v) is 3.17. The summed E-state index contributed by atoms with van der Waals surface area (Å²) in [6, 6.07) is 4.82. The summed E-state index contributed by atoms with van der Waals surface area (Å²) in [5, 5.41) is 0. The standard InChI is InChI=1S/C11H12BrClO3S/c12-9-4-5-10(11(6-9)17(13,14)15)16-7-8-2-1-3-8/h4-6,8H,1-3,7H2. The monoisotopic (exact) mass is 338 g/mol. The third-order valence-corrected chi connectivity index (χ3v) is 4.70. The number of hydrogen-bond donors (Lipinski definition) is 0. The van der Waals surface area contributed by atoms with E-state index >= 15 is 0 Å². The molecule has 1 fully saturated rings. The zero-order valence-corrected chi connectivity index (χ0v) is 12.2. The molecule has 94 valence electrons. The second kappa shape index (κ2) is 5.16. The number of halogens is 2. The van der Waals surface area contributed by atoms with Gasteiger partial charge >= 0.3 is 0 Å². The number of benzene rings is 1. The first-order valence-corrected chi connectivity index (χ1v) is 8.44. The van der Waals surface area contributed by atoms with Gasteiger partial charge in [-0.25, -0.2) is 8.42 Å². The van der Waals surface area contributed by atoms with Gasteiger partial charge in [0.05, 0.1) is 6.61 Å². The molecule has 0 atom stereocenters. The summed E-state index contributed by atoms with van der Waals surface area (Å²) < 4.78 is 29.0. The highest BCUT2D eigenvalue weighted by Gasteiger charge is 2.21. The van der Waals surface area contributed by atoms with Gasteiger partial charge in [0.2, 0.25) is 0 Å². The summed E-state index contributed by atoms with van der Waals surface area (Å²) >= 11 is 3.22. The summed E-state index contributed by atoms with van der Waals surface area (Å²) in [6.45, 7) is 0.557. The van der Waals surface area contributed by atoms with Gasteiger partial charge in [0.1, 0.15) is 10.6 Å². The fourth-order valence-electron chi connectivity index (χ4n) is 1.66. The molecule has 17 heavy (non-hydrogen) atoms. The molecule has 1 aliphatic rings. The van der Waals surface area contributed by atoms with Crippen molar-refractivity contribution in [1.29, 1.82) is 0 Å². The van der Waals surface area contributed by atoms with E-state index < -0.39 is 9.05 Å². The maximum absolute atomic E-state index is 11.4. The van der Waals surface area contributed by atoms with Crippen molar-refractivity contribution >= 4 is 35.7 Å². The first-order valence-electron chi connectivity index (χ1n) is 5.34. The molecule has 0 aromatic heterocycles. The molecule has 0 aliphatic heterocycles. The Kier molecular flexibility index (Phi) is 4.00. The smallest absolute Gasteiger partial charge is 0.265 e. The zero-order valence-electron chi connectivity index (χ0n) is 9.03. The minimum absolute atomic E-state index is 0.0212. The molecule has 0 unspecified atom stereocenters. The average Bonchev–Trinajstić information content (AvgIpc) is 2.16. The van der Waals surface area contributed by atoms with Crippen LogP contribution in [0, 0.1) is 5.92 Å².